The number of carbonyl (C=O) groups is 2. The van der Waals surface area contributed by atoms with E-state index in [4.69, 9.17) is 32.5 Å². The van der Waals surface area contributed by atoms with E-state index in [1.807, 2.05) is 0 Å². The molecule has 0 saturated carbocycles. The van der Waals surface area contributed by atoms with Gasteiger partial charge in [-0.05, 0) is 36.4 Å². The third kappa shape index (κ3) is 4.96. The van der Waals surface area contributed by atoms with Crippen LogP contribution in [0.3, 0.4) is 0 Å². The highest BCUT2D eigenvalue weighted by molar-refractivity contribution is 6.33. The summed E-state index contributed by atoms with van der Waals surface area (Å²) in [6.45, 7) is -0.439. The average Bonchev–Trinajstić information content (AvgIpc) is 3.14. The topological polar surface area (TPSA) is 106 Å². The van der Waals surface area contributed by atoms with E-state index in [0.717, 1.165) is 0 Å². The van der Waals surface area contributed by atoms with Gasteiger partial charge in [0.25, 0.3) is 11.8 Å². The van der Waals surface area contributed by atoms with Gasteiger partial charge in [-0.25, -0.2) is 0 Å². The van der Waals surface area contributed by atoms with Crippen molar-refractivity contribution in [3.8, 4) is 17.5 Å². The molecule has 138 valence electrons. The molecule has 2 amide bonds. The molecule has 0 bridgehead atoms. The van der Waals surface area contributed by atoms with Crippen LogP contribution in [0, 0.1) is 0 Å². The standard InChI is InChI=1S/C17H12Cl2N4O4/c18-11-7-5-10(6-8-11)16(25)22-21-14(24)9-26-17-20-15(23-27-17)12-3-1-2-4-13(12)19/h1-8H,9H2,(H,21,24)(H,22,25). The van der Waals surface area contributed by atoms with Crippen molar-refractivity contribution in [2.45, 2.75) is 0 Å². The van der Waals surface area contributed by atoms with Crippen LogP contribution in [0.15, 0.2) is 53.1 Å². The minimum Gasteiger partial charge on any atom is -0.439 e. The highest BCUT2D eigenvalue weighted by Crippen LogP contribution is 2.26. The second kappa shape index (κ2) is 8.52. The van der Waals surface area contributed by atoms with Crippen LogP contribution in [-0.2, 0) is 4.79 Å². The summed E-state index contributed by atoms with van der Waals surface area (Å²) in [6, 6.07) is 13.1. The molecule has 27 heavy (non-hydrogen) atoms. The van der Waals surface area contributed by atoms with Gasteiger partial charge in [-0.3, -0.25) is 25.0 Å². The fraction of sp³-hybridized carbons (Fsp3) is 0.0588. The molecule has 1 heterocycles. The molecular formula is C17H12Cl2N4O4. The minimum absolute atomic E-state index is 0.205. The SMILES string of the molecule is O=C(COc1nc(-c2ccccc2Cl)no1)NNC(=O)c1ccc(Cl)cc1. The maximum Gasteiger partial charge on any atom is 0.418 e. The van der Waals surface area contributed by atoms with Gasteiger partial charge < -0.3 is 4.74 Å². The Labute approximate surface area is 163 Å². The summed E-state index contributed by atoms with van der Waals surface area (Å²) < 4.78 is 10.0. The fourth-order valence-electron chi connectivity index (χ4n) is 1.98. The normalized spacial score (nSPS) is 10.3. The number of benzene rings is 2. The van der Waals surface area contributed by atoms with E-state index in [2.05, 4.69) is 21.0 Å². The highest BCUT2D eigenvalue weighted by Gasteiger charge is 2.14. The molecule has 0 unspecified atom stereocenters. The number of nitrogens with zero attached hydrogens (tertiary/aromatic N) is 2. The molecule has 3 rings (SSSR count). The summed E-state index contributed by atoms with van der Waals surface area (Å²) in [5.74, 6) is -0.888. The summed E-state index contributed by atoms with van der Waals surface area (Å²) in [5, 5.41) is 4.69. The van der Waals surface area contributed by atoms with Crippen molar-refractivity contribution >= 4 is 35.0 Å². The van der Waals surface area contributed by atoms with Gasteiger partial charge in [0, 0.05) is 16.1 Å². The molecule has 0 atom stereocenters. The summed E-state index contributed by atoms with van der Waals surface area (Å²) in [6.07, 6.45) is -0.205. The Balaban J connectivity index is 1.49. The quantitative estimate of drug-likeness (QED) is 0.630. The molecule has 8 nitrogen and oxygen atoms in total. The average molecular weight is 407 g/mol. The van der Waals surface area contributed by atoms with Crippen LogP contribution >= 0.6 is 23.2 Å². The molecular weight excluding hydrogens is 395 g/mol. The molecule has 3 aromatic rings. The number of rotatable bonds is 5. The molecule has 0 fully saturated rings. The van der Waals surface area contributed by atoms with Crippen LogP contribution in [0.2, 0.25) is 10.0 Å². The molecule has 0 aliphatic carbocycles. The molecule has 2 aromatic carbocycles. The Morgan fingerprint density at radius 2 is 1.78 bits per heavy atom. The van der Waals surface area contributed by atoms with Gasteiger partial charge in [-0.15, -0.1) is 0 Å². The van der Waals surface area contributed by atoms with Gasteiger partial charge in [-0.1, -0.05) is 40.5 Å². The van der Waals surface area contributed by atoms with Crippen LogP contribution in [-0.4, -0.2) is 28.6 Å². The van der Waals surface area contributed by atoms with E-state index in [1.165, 1.54) is 12.1 Å². The fourth-order valence-corrected chi connectivity index (χ4v) is 2.33. The lowest BCUT2D eigenvalue weighted by Gasteiger charge is -2.07. The Morgan fingerprint density at radius 1 is 1.04 bits per heavy atom. The first kappa shape index (κ1) is 18.7. The van der Waals surface area contributed by atoms with Crippen LogP contribution < -0.4 is 15.6 Å². The van der Waals surface area contributed by atoms with E-state index in [1.54, 1.807) is 36.4 Å². The van der Waals surface area contributed by atoms with Gasteiger partial charge in [-0.2, -0.15) is 4.98 Å². The smallest absolute Gasteiger partial charge is 0.418 e. The molecule has 0 radical (unpaired) electrons. The van der Waals surface area contributed by atoms with Crippen molar-refractivity contribution < 1.29 is 18.8 Å². The van der Waals surface area contributed by atoms with E-state index in [-0.39, 0.29) is 11.9 Å². The lowest BCUT2D eigenvalue weighted by molar-refractivity contribution is -0.124. The number of amides is 2. The summed E-state index contributed by atoms with van der Waals surface area (Å²) in [5.41, 5.74) is 5.36. The number of hydrogen-bond acceptors (Lipinski definition) is 6. The van der Waals surface area contributed by atoms with Crippen molar-refractivity contribution in [1.29, 1.82) is 0 Å². The van der Waals surface area contributed by atoms with E-state index in [9.17, 15) is 9.59 Å². The number of halogens is 2. The van der Waals surface area contributed by atoms with Crippen molar-refractivity contribution in [2.24, 2.45) is 0 Å². The van der Waals surface area contributed by atoms with Crippen LogP contribution in [0.5, 0.6) is 6.08 Å². The van der Waals surface area contributed by atoms with Crippen molar-refractivity contribution in [3.63, 3.8) is 0 Å². The zero-order chi connectivity index (χ0) is 19.2. The van der Waals surface area contributed by atoms with Crippen molar-refractivity contribution in [3.05, 3.63) is 64.1 Å². The third-order valence-corrected chi connectivity index (χ3v) is 3.85. The van der Waals surface area contributed by atoms with Crippen LogP contribution in [0.25, 0.3) is 11.4 Å². The predicted octanol–water partition coefficient (Wildman–Crippen LogP) is 2.88. The number of hydrogen-bond donors (Lipinski definition) is 2. The zero-order valence-corrected chi connectivity index (χ0v) is 15.1. The Hall–Kier alpha value is -3.10. The molecule has 2 N–H and O–H groups in total. The van der Waals surface area contributed by atoms with Gasteiger partial charge in [0.1, 0.15) is 0 Å². The lowest BCUT2D eigenvalue weighted by atomic mass is 10.2. The van der Waals surface area contributed by atoms with E-state index < -0.39 is 18.4 Å². The van der Waals surface area contributed by atoms with Crippen molar-refractivity contribution in [1.82, 2.24) is 21.0 Å². The van der Waals surface area contributed by atoms with Gasteiger partial charge in [0.2, 0.25) is 5.82 Å². The lowest BCUT2D eigenvalue weighted by Crippen LogP contribution is -2.43. The Morgan fingerprint density at radius 3 is 2.52 bits per heavy atom. The molecule has 0 aliphatic rings. The number of ether oxygens (including phenoxy) is 1. The largest absolute Gasteiger partial charge is 0.439 e. The number of aromatic nitrogens is 2. The second-order valence-corrected chi connectivity index (χ2v) is 6.01. The maximum atomic E-state index is 11.9. The van der Waals surface area contributed by atoms with E-state index >= 15 is 0 Å². The maximum absolute atomic E-state index is 11.9. The van der Waals surface area contributed by atoms with Crippen LogP contribution in [0.1, 0.15) is 10.4 Å². The molecule has 0 saturated heterocycles. The first-order valence-corrected chi connectivity index (χ1v) is 8.34. The number of hydrazine groups is 1. The summed E-state index contributed by atoms with van der Waals surface area (Å²) >= 11 is 11.8. The zero-order valence-electron chi connectivity index (χ0n) is 13.6. The predicted molar refractivity (Wildman–Crippen MR) is 97.3 cm³/mol. The van der Waals surface area contributed by atoms with Gasteiger partial charge in [0.15, 0.2) is 6.61 Å². The Bertz CT molecular complexity index is 960. The van der Waals surface area contributed by atoms with Crippen LogP contribution in [0.4, 0.5) is 0 Å². The number of nitrogens with one attached hydrogen (secondary N) is 2. The Kier molecular flexibility index (Phi) is 5.90. The first-order chi connectivity index (χ1) is 13.0. The number of carbonyl (C=O) groups excluding carboxylic acids is 2. The monoisotopic (exact) mass is 406 g/mol. The van der Waals surface area contributed by atoms with Gasteiger partial charge >= 0.3 is 6.08 Å². The summed E-state index contributed by atoms with van der Waals surface area (Å²) in [4.78, 5) is 27.6. The minimum atomic E-state index is -0.616. The van der Waals surface area contributed by atoms with Gasteiger partial charge in [0.05, 0.1) is 5.02 Å². The molecule has 0 aliphatic heterocycles. The second-order valence-electron chi connectivity index (χ2n) is 5.16. The third-order valence-electron chi connectivity index (χ3n) is 3.27. The molecule has 10 heteroatoms. The van der Waals surface area contributed by atoms with Crippen molar-refractivity contribution in [2.75, 3.05) is 6.61 Å². The summed E-state index contributed by atoms with van der Waals surface area (Å²) in [7, 11) is 0. The molecule has 0 spiro atoms. The van der Waals surface area contributed by atoms with E-state index in [0.29, 0.717) is 21.2 Å². The molecule has 1 aromatic heterocycles. The first-order valence-electron chi connectivity index (χ1n) is 7.59. The highest BCUT2D eigenvalue weighted by atomic mass is 35.5.